The Morgan fingerprint density at radius 3 is 2.75 bits per heavy atom. The average molecular weight is 290 g/mol. The van der Waals surface area contributed by atoms with Crippen LogP contribution < -0.4 is 10.6 Å². The SMILES string of the molecule is CCN(CC1CCCO1)c1cc(C(F)(F)F)nc(N)n1. The van der Waals surface area contributed by atoms with E-state index in [9.17, 15) is 13.2 Å². The Kier molecular flexibility index (Phi) is 4.32. The standard InChI is InChI=1S/C12H17F3N4O/c1-2-19(7-8-4-3-5-20-8)10-6-9(12(13,14)15)17-11(16)18-10/h6,8H,2-5,7H2,1H3,(H2,16,17,18). The number of alkyl halides is 3. The largest absolute Gasteiger partial charge is 0.433 e. The van der Waals surface area contributed by atoms with Crippen LogP contribution in [0.1, 0.15) is 25.5 Å². The highest BCUT2D eigenvalue weighted by molar-refractivity contribution is 5.44. The quantitative estimate of drug-likeness (QED) is 0.919. The van der Waals surface area contributed by atoms with Gasteiger partial charge in [-0.15, -0.1) is 0 Å². The summed E-state index contributed by atoms with van der Waals surface area (Å²) >= 11 is 0. The first-order valence-electron chi connectivity index (χ1n) is 6.48. The maximum atomic E-state index is 12.7. The number of halogens is 3. The molecular weight excluding hydrogens is 273 g/mol. The number of nitrogens with two attached hydrogens (primary N) is 1. The summed E-state index contributed by atoms with van der Waals surface area (Å²) in [6.07, 6.45) is -2.62. The molecule has 1 fully saturated rings. The van der Waals surface area contributed by atoms with Crippen molar-refractivity contribution in [3.63, 3.8) is 0 Å². The van der Waals surface area contributed by atoms with Gasteiger partial charge in [0.2, 0.25) is 5.95 Å². The second kappa shape index (κ2) is 5.82. The molecule has 0 aromatic carbocycles. The van der Waals surface area contributed by atoms with E-state index < -0.39 is 11.9 Å². The van der Waals surface area contributed by atoms with Gasteiger partial charge in [-0.05, 0) is 19.8 Å². The molecule has 1 saturated heterocycles. The molecule has 0 aliphatic carbocycles. The Balaban J connectivity index is 2.22. The number of anilines is 2. The van der Waals surface area contributed by atoms with Crippen LogP contribution in [0.5, 0.6) is 0 Å². The molecule has 0 bridgehead atoms. The van der Waals surface area contributed by atoms with Crippen LogP contribution in [0.3, 0.4) is 0 Å². The van der Waals surface area contributed by atoms with Crippen molar-refractivity contribution in [2.24, 2.45) is 0 Å². The first kappa shape index (κ1) is 14.8. The van der Waals surface area contributed by atoms with E-state index in [0.29, 0.717) is 19.7 Å². The van der Waals surface area contributed by atoms with Crippen LogP contribution in [0.2, 0.25) is 0 Å². The van der Waals surface area contributed by atoms with Crippen molar-refractivity contribution in [2.45, 2.75) is 32.0 Å². The summed E-state index contributed by atoms with van der Waals surface area (Å²) in [6.45, 7) is 3.57. The molecule has 0 saturated carbocycles. The molecule has 2 rings (SSSR count). The van der Waals surface area contributed by atoms with Crippen LogP contribution in [-0.4, -0.2) is 35.8 Å². The topological polar surface area (TPSA) is 64.3 Å². The average Bonchev–Trinajstić information content (AvgIpc) is 2.87. The molecule has 1 aromatic heterocycles. The first-order valence-corrected chi connectivity index (χ1v) is 6.48. The highest BCUT2D eigenvalue weighted by Gasteiger charge is 2.34. The zero-order valence-electron chi connectivity index (χ0n) is 11.2. The summed E-state index contributed by atoms with van der Waals surface area (Å²) in [5.74, 6) is -0.191. The smallest absolute Gasteiger partial charge is 0.376 e. The van der Waals surface area contributed by atoms with Crippen molar-refractivity contribution in [2.75, 3.05) is 30.3 Å². The third-order valence-electron chi connectivity index (χ3n) is 3.17. The Labute approximate surface area is 114 Å². The van der Waals surface area contributed by atoms with Gasteiger partial charge in [-0.3, -0.25) is 0 Å². The maximum absolute atomic E-state index is 12.7. The van der Waals surface area contributed by atoms with Crippen molar-refractivity contribution < 1.29 is 17.9 Å². The van der Waals surface area contributed by atoms with Crippen molar-refractivity contribution in [1.29, 1.82) is 0 Å². The van der Waals surface area contributed by atoms with E-state index in [1.54, 1.807) is 4.90 Å². The molecule has 1 aliphatic heterocycles. The Hall–Kier alpha value is -1.57. The molecule has 112 valence electrons. The number of aromatic nitrogens is 2. The highest BCUT2D eigenvalue weighted by atomic mass is 19.4. The van der Waals surface area contributed by atoms with Gasteiger partial charge in [-0.25, -0.2) is 4.98 Å². The van der Waals surface area contributed by atoms with Crippen molar-refractivity contribution in [3.8, 4) is 0 Å². The molecule has 1 aromatic rings. The molecule has 0 spiro atoms. The number of ether oxygens (including phenoxy) is 1. The van der Waals surface area contributed by atoms with E-state index >= 15 is 0 Å². The summed E-state index contributed by atoms with van der Waals surface area (Å²) in [5.41, 5.74) is 4.35. The molecule has 20 heavy (non-hydrogen) atoms. The summed E-state index contributed by atoms with van der Waals surface area (Å²) < 4.78 is 43.7. The molecule has 8 heteroatoms. The normalized spacial score (nSPS) is 19.3. The minimum absolute atomic E-state index is 0.0282. The minimum atomic E-state index is -4.53. The predicted molar refractivity (Wildman–Crippen MR) is 68.3 cm³/mol. The molecular formula is C12H17F3N4O. The monoisotopic (exact) mass is 290 g/mol. The van der Waals surface area contributed by atoms with Gasteiger partial charge in [0.1, 0.15) is 5.82 Å². The van der Waals surface area contributed by atoms with E-state index in [1.807, 2.05) is 6.92 Å². The van der Waals surface area contributed by atoms with Gasteiger partial charge in [-0.1, -0.05) is 0 Å². The fourth-order valence-corrected chi connectivity index (χ4v) is 2.18. The lowest BCUT2D eigenvalue weighted by Gasteiger charge is -2.25. The Bertz CT molecular complexity index is 461. The summed E-state index contributed by atoms with van der Waals surface area (Å²) in [6, 6.07) is 0.925. The summed E-state index contributed by atoms with van der Waals surface area (Å²) in [5, 5.41) is 0. The summed E-state index contributed by atoms with van der Waals surface area (Å²) in [7, 11) is 0. The van der Waals surface area contributed by atoms with Gasteiger partial charge < -0.3 is 15.4 Å². The van der Waals surface area contributed by atoms with E-state index in [2.05, 4.69) is 9.97 Å². The second-order valence-electron chi connectivity index (χ2n) is 4.64. The first-order chi connectivity index (χ1) is 9.40. The van der Waals surface area contributed by atoms with Gasteiger partial charge >= 0.3 is 6.18 Å². The number of hydrogen-bond acceptors (Lipinski definition) is 5. The molecule has 1 aliphatic rings. The molecule has 0 radical (unpaired) electrons. The van der Waals surface area contributed by atoms with Crippen LogP contribution in [0, 0.1) is 0 Å². The zero-order valence-corrected chi connectivity index (χ0v) is 11.2. The lowest BCUT2D eigenvalue weighted by molar-refractivity contribution is -0.141. The van der Waals surface area contributed by atoms with E-state index in [1.165, 1.54) is 0 Å². The number of nitrogen functional groups attached to an aromatic ring is 1. The van der Waals surface area contributed by atoms with Crippen molar-refractivity contribution in [1.82, 2.24) is 9.97 Å². The molecule has 0 amide bonds. The van der Waals surface area contributed by atoms with Crippen LogP contribution in [0.15, 0.2) is 6.07 Å². The number of hydrogen-bond donors (Lipinski definition) is 1. The predicted octanol–water partition coefficient (Wildman–Crippen LogP) is 2.08. The van der Waals surface area contributed by atoms with Crippen LogP contribution in [0.4, 0.5) is 24.9 Å². The van der Waals surface area contributed by atoms with E-state index in [4.69, 9.17) is 10.5 Å². The summed E-state index contributed by atoms with van der Waals surface area (Å²) in [4.78, 5) is 8.86. The van der Waals surface area contributed by atoms with Crippen molar-refractivity contribution in [3.05, 3.63) is 11.8 Å². The second-order valence-corrected chi connectivity index (χ2v) is 4.64. The number of rotatable bonds is 4. The minimum Gasteiger partial charge on any atom is -0.376 e. The third-order valence-corrected chi connectivity index (χ3v) is 3.17. The fraction of sp³-hybridized carbons (Fsp3) is 0.667. The zero-order chi connectivity index (χ0) is 14.8. The lowest BCUT2D eigenvalue weighted by Crippen LogP contribution is -2.33. The molecule has 2 heterocycles. The van der Waals surface area contributed by atoms with Crippen molar-refractivity contribution >= 4 is 11.8 Å². The van der Waals surface area contributed by atoms with E-state index in [0.717, 1.165) is 18.9 Å². The fourth-order valence-electron chi connectivity index (χ4n) is 2.18. The van der Waals surface area contributed by atoms with Crippen LogP contribution in [-0.2, 0) is 10.9 Å². The Morgan fingerprint density at radius 2 is 2.20 bits per heavy atom. The number of nitrogens with zero attached hydrogens (tertiary/aromatic N) is 3. The molecule has 1 atom stereocenters. The van der Waals surface area contributed by atoms with Gasteiger partial charge in [0, 0.05) is 25.8 Å². The van der Waals surface area contributed by atoms with Gasteiger partial charge in [-0.2, -0.15) is 18.2 Å². The van der Waals surface area contributed by atoms with Crippen LogP contribution >= 0.6 is 0 Å². The van der Waals surface area contributed by atoms with E-state index in [-0.39, 0.29) is 17.9 Å². The van der Waals surface area contributed by atoms with Gasteiger partial charge in [0.15, 0.2) is 5.69 Å². The molecule has 2 N–H and O–H groups in total. The van der Waals surface area contributed by atoms with Gasteiger partial charge in [0.25, 0.3) is 0 Å². The lowest BCUT2D eigenvalue weighted by atomic mass is 10.2. The molecule has 1 unspecified atom stereocenters. The number of likely N-dealkylation sites (N-methyl/N-ethyl adjacent to an activating group) is 1. The van der Waals surface area contributed by atoms with Gasteiger partial charge in [0.05, 0.1) is 6.10 Å². The van der Waals surface area contributed by atoms with Crippen LogP contribution in [0.25, 0.3) is 0 Å². The third kappa shape index (κ3) is 3.50. The highest BCUT2D eigenvalue weighted by Crippen LogP contribution is 2.30. The molecule has 5 nitrogen and oxygen atoms in total. The maximum Gasteiger partial charge on any atom is 0.433 e. The Morgan fingerprint density at radius 1 is 1.45 bits per heavy atom.